The van der Waals surface area contributed by atoms with Crippen LogP contribution in [0.3, 0.4) is 0 Å². The maximum Gasteiger partial charge on any atom is 0.337 e. The number of hydrogen-bond donors (Lipinski definition) is 1. The van der Waals surface area contributed by atoms with Gasteiger partial charge in [-0.25, -0.2) is 9.78 Å². The predicted molar refractivity (Wildman–Crippen MR) is 82.1 cm³/mol. The molecule has 3 aromatic rings. The fourth-order valence-electron chi connectivity index (χ4n) is 2.74. The molecule has 4 nitrogen and oxygen atoms in total. The third-order valence-corrected chi connectivity index (χ3v) is 3.69. The Kier molecular flexibility index (Phi) is 3.22. The van der Waals surface area contributed by atoms with E-state index in [0.717, 1.165) is 17.9 Å². The molecule has 1 aromatic heterocycles. The molecule has 0 atom stereocenters. The number of carboxylic acid groups (broad SMARTS) is 1. The molecule has 21 heavy (non-hydrogen) atoms. The van der Waals surface area contributed by atoms with E-state index in [0.29, 0.717) is 11.0 Å². The van der Waals surface area contributed by atoms with Crippen molar-refractivity contribution in [3.63, 3.8) is 0 Å². The monoisotopic (exact) mass is 280 g/mol. The Morgan fingerprint density at radius 1 is 1.19 bits per heavy atom. The number of imidazole rings is 1. The topological polar surface area (TPSA) is 55.1 Å². The number of carboxylic acids is 1. The summed E-state index contributed by atoms with van der Waals surface area (Å²) >= 11 is 0. The Balaban J connectivity index is 2.42. The Morgan fingerprint density at radius 3 is 2.67 bits per heavy atom. The maximum atomic E-state index is 11.5. The fourth-order valence-corrected chi connectivity index (χ4v) is 2.74. The number of fused-ring (bicyclic) bond motifs is 1. The van der Waals surface area contributed by atoms with Crippen LogP contribution in [-0.4, -0.2) is 20.6 Å². The van der Waals surface area contributed by atoms with Gasteiger partial charge in [0, 0.05) is 0 Å². The first kappa shape index (κ1) is 13.4. The number of aromatic carboxylic acids is 1. The Bertz CT molecular complexity index is 834. The highest BCUT2D eigenvalue weighted by Crippen LogP contribution is 2.26. The second-order valence-corrected chi connectivity index (χ2v) is 4.96. The lowest BCUT2D eigenvalue weighted by molar-refractivity contribution is 0.0698. The molecule has 0 aliphatic carbocycles. The summed E-state index contributed by atoms with van der Waals surface area (Å²) in [5, 5.41) is 9.45. The summed E-state index contributed by atoms with van der Waals surface area (Å²) in [5.41, 5.74) is 3.80. The van der Waals surface area contributed by atoms with Crippen LogP contribution in [0.15, 0.2) is 42.5 Å². The van der Waals surface area contributed by atoms with Crippen molar-refractivity contribution in [2.24, 2.45) is 0 Å². The van der Waals surface area contributed by atoms with E-state index in [4.69, 9.17) is 0 Å². The van der Waals surface area contributed by atoms with Gasteiger partial charge in [-0.2, -0.15) is 0 Å². The van der Waals surface area contributed by atoms with Crippen molar-refractivity contribution in [1.29, 1.82) is 0 Å². The highest BCUT2D eigenvalue weighted by atomic mass is 16.4. The number of rotatable bonds is 3. The van der Waals surface area contributed by atoms with E-state index in [1.54, 1.807) is 12.1 Å². The molecule has 0 amide bonds. The minimum atomic E-state index is -0.935. The number of carbonyl (C=O) groups is 1. The second kappa shape index (κ2) is 5.05. The molecule has 0 bridgehead atoms. The van der Waals surface area contributed by atoms with Gasteiger partial charge < -0.3 is 5.11 Å². The predicted octanol–water partition coefficient (Wildman–Crippen LogP) is 3.59. The first-order valence-electron chi connectivity index (χ1n) is 6.93. The normalized spacial score (nSPS) is 11.0. The molecule has 0 fully saturated rings. The van der Waals surface area contributed by atoms with Crippen LogP contribution in [0.4, 0.5) is 0 Å². The first-order chi connectivity index (χ1) is 10.1. The quantitative estimate of drug-likeness (QED) is 0.797. The van der Waals surface area contributed by atoms with Crippen molar-refractivity contribution < 1.29 is 9.90 Å². The molecule has 4 heteroatoms. The second-order valence-electron chi connectivity index (χ2n) is 4.96. The molecule has 1 N–H and O–H groups in total. The van der Waals surface area contributed by atoms with E-state index in [2.05, 4.69) is 18.0 Å². The van der Waals surface area contributed by atoms with Gasteiger partial charge in [-0.3, -0.25) is 4.57 Å². The number of aryl methyl sites for hydroxylation is 2. The van der Waals surface area contributed by atoms with E-state index in [1.807, 2.05) is 35.8 Å². The SMILES string of the molecule is CCc1ccccc1-n1c(C)nc2cccc(C(=O)O)c21. The summed E-state index contributed by atoms with van der Waals surface area (Å²) in [6.07, 6.45) is 0.879. The molecular formula is C17H16N2O2. The van der Waals surface area contributed by atoms with E-state index in [1.165, 1.54) is 5.56 Å². The maximum absolute atomic E-state index is 11.5. The van der Waals surface area contributed by atoms with Gasteiger partial charge in [0.1, 0.15) is 5.82 Å². The fraction of sp³-hybridized carbons (Fsp3) is 0.176. The lowest BCUT2D eigenvalue weighted by atomic mass is 10.1. The molecule has 0 unspecified atom stereocenters. The lowest BCUT2D eigenvalue weighted by Crippen LogP contribution is -2.05. The van der Waals surface area contributed by atoms with Gasteiger partial charge in [-0.1, -0.05) is 31.2 Å². The van der Waals surface area contributed by atoms with Crippen molar-refractivity contribution >= 4 is 17.0 Å². The zero-order chi connectivity index (χ0) is 15.0. The number of para-hydroxylation sites is 2. The summed E-state index contributed by atoms with van der Waals surface area (Å²) in [7, 11) is 0. The third-order valence-electron chi connectivity index (χ3n) is 3.69. The van der Waals surface area contributed by atoms with Gasteiger partial charge in [0.25, 0.3) is 0 Å². The van der Waals surface area contributed by atoms with Crippen molar-refractivity contribution in [3.05, 3.63) is 59.4 Å². The Hall–Kier alpha value is -2.62. The van der Waals surface area contributed by atoms with E-state index >= 15 is 0 Å². The molecule has 106 valence electrons. The Morgan fingerprint density at radius 2 is 1.95 bits per heavy atom. The summed E-state index contributed by atoms with van der Waals surface area (Å²) < 4.78 is 1.94. The van der Waals surface area contributed by atoms with Gasteiger partial charge >= 0.3 is 5.97 Å². The summed E-state index contributed by atoms with van der Waals surface area (Å²) in [6.45, 7) is 3.99. The average Bonchev–Trinajstić information content (AvgIpc) is 2.82. The van der Waals surface area contributed by atoms with E-state index in [9.17, 15) is 9.90 Å². The van der Waals surface area contributed by atoms with Gasteiger partial charge in [0.05, 0.1) is 22.3 Å². The van der Waals surface area contributed by atoms with E-state index < -0.39 is 5.97 Å². The zero-order valence-corrected chi connectivity index (χ0v) is 12.0. The largest absolute Gasteiger partial charge is 0.478 e. The van der Waals surface area contributed by atoms with Crippen LogP contribution in [0, 0.1) is 6.92 Å². The molecule has 0 spiro atoms. The number of aromatic nitrogens is 2. The van der Waals surface area contributed by atoms with Crippen molar-refractivity contribution in [1.82, 2.24) is 9.55 Å². The van der Waals surface area contributed by atoms with Crippen LogP contribution in [0.2, 0.25) is 0 Å². The highest BCUT2D eigenvalue weighted by Gasteiger charge is 2.17. The molecule has 0 aliphatic rings. The van der Waals surface area contributed by atoms with Crippen LogP contribution in [-0.2, 0) is 6.42 Å². The zero-order valence-electron chi connectivity index (χ0n) is 12.0. The van der Waals surface area contributed by atoms with Crippen LogP contribution in [0.25, 0.3) is 16.7 Å². The molecule has 0 saturated heterocycles. The van der Waals surface area contributed by atoms with Crippen molar-refractivity contribution in [2.75, 3.05) is 0 Å². The van der Waals surface area contributed by atoms with Gasteiger partial charge in [-0.05, 0) is 37.1 Å². The van der Waals surface area contributed by atoms with Crippen LogP contribution < -0.4 is 0 Å². The smallest absolute Gasteiger partial charge is 0.337 e. The summed E-state index contributed by atoms with van der Waals surface area (Å²) in [6, 6.07) is 13.2. The minimum absolute atomic E-state index is 0.277. The number of hydrogen-bond acceptors (Lipinski definition) is 2. The molecule has 0 saturated carbocycles. The number of nitrogens with zero attached hydrogens (tertiary/aromatic N) is 2. The molecule has 3 rings (SSSR count). The molecule has 2 aromatic carbocycles. The molecule has 1 heterocycles. The van der Waals surface area contributed by atoms with Crippen LogP contribution in [0.5, 0.6) is 0 Å². The van der Waals surface area contributed by atoms with Crippen molar-refractivity contribution in [3.8, 4) is 5.69 Å². The van der Waals surface area contributed by atoms with Crippen LogP contribution in [0.1, 0.15) is 28.7 Å². The van der Waals surface area contributed by atoms with Crippen molar-refractivity contribution in [2.45, 2.75) is 20.3 Å². The first-order valence-corrected chi connectivity index (χ1v) is 6.93. The summed E-state index contributed by atoms with van der Waals surface area (Å²) in [5.74, 6) is -0.143. The molecule has 0 radical (unpaired) electrons. The van der Waals surface area contributed by atoms with Crippen LogP contribution >= 0.6 is 0 Å². The highest BCUT2D eigenvalue weighted by molar-refractivity contribution is 6.02. The lowest BCUT2D eigenvalue weighted by Gasteiger charge is -2.12. The molecular weight excluding hydrogens is 264 g/mol. The van der Waals surface area contributed by atoms with Gasteiger partial charge in [-0.15, -0.1) is 0 Å². The summed E-state index contributed by atoms with van der Waals surface area (Å²) in [4.78, 5) is 16.0. The van der Waals surface area contributed by atoms with Gasteiger partial charge in [0.15, 0.2) is 0 Å². The van der Waals surface area contributed by atoms with E-state index in [-0.39, 0.29) is 5.56 Å². The minimum Gasteiger partial charge on any atom is -0.478 e. The Labute approximate surface area is 122 Å². The standard InChI is InChI=1S/C17H16N2O2/c1-3-12-7-4-5-10-15(12)19-11(2)18-14-9-6-8-13(16(14)19)17(20)21/h4-10H,3H2,1-2H3,(H,20,21). The van der Waals surface area contributed by atoms with Gasteiger partial charge in [0.2, 0.25) is 0 Å². The molecule has 0 aliphatic heterocycles. The average molecular weight is 280 g/mol. The third kappa shape index (κ3) is 2.09. The number of benzene rings is 2.